The maximum Gasteiger partial charge on any atom is 0.306 e. The molecule has 4 heteroatoms. The number of carbonyl (C=O) groups excluding carboxylic acids is 1. The minimum Gasteiger partial charge on any atom is -0.495 e. The Morgan fingerprint density at radius 3 is 2.81 bits per heavy atom. The molecule has 1 rings (SSSR count). The van der Waals surface area contributed by atoms with Crippen LogP contribution in [0, 0.1) is 0 Å². The van der Waals surface area contributed by atoms with Gasteiger partial charge in [0.25, 0.3) is 0 Å². The molecule has 0 bridgehead atoms. The fraction of sp³-hybridized carbons (Fsp3) is 0.417. The Morgan fingerprint density at radius 2 is 2.19 bits per heavy atom. The largest absolute Gasteiger partial charge is 0.495 e. The highest BCUT2D eigenvalue weighted by Crippen LogP contribution is 2.29. The van der Waals surface area contributed by atoms with Gasteiger partial charge in [-0.1, -0.05) is 12.1 Å². The Balaban J connectivity index is 2.66. The van der Waals surface area contributed by atoms with E-state index in [1.54, 1.807) is 14.0 Å². The molecule has 0 N–H and O–H groups in total. The molecule has 0 heterocycles. The minimum absolute atomic E-state index is 0.176. The molecule has 3 nitrogen and oxygen atoms in total. The van der Waals surface area contributed by atoms with E-state index in [-0.39, 0.29) is 5.97 Å². The molecule has 1 aromatic carbocycles. The molecule has 16 heavy (non-hydrogen) atoms. The van der Waals surface area contributed by atoms with Gasteiger partial charge in [-0.05, 0) is 40.9 Å². The molecule has 0 fully saturated rings. The van der Waals surface area contributed by atoms with Crippen LogP contribution < -0.4 is 4.74 Å². The lowest BCUT2D eigenvalue weighted by Crippen LogP contribution is -2.05. The predicted octanol–water partition coefficient (Wildman–Crippen LogP) is 2.95. The van der Waals surface area contributed by atoms with E-state index in [2.05, 4.69) is 15.9 Å². The Hall–Kier alpha value is -1.03. The summed E-state index contributed by atoms with van der Waals surface area (Å²) in [4.78, 5) is 11.2. The molecule has 88 valence electrons. The monoisotopic (exact) mass is 286 g/mol. The first kappa shape index (κ1) is 13.0. The van der Waals surface area contributed by atoms with Crippen LogP contribution in [-0.2, 0) is 16.0 Å². The van der Waals surface area contributed by atoms with Crippen LogP contribution in [0.3, 0.4) is 0 Å². The Labute approximate surface area is 104 Å². The van der Waals surface area contributed by atoms with Gasteiger partial charge in [0.05, 0.1) is 18.2 Å². The summed E-state index contributed by atoms with van der Waals surface area (Å²) < 4.78 is 11.0. The molecule has 0 aliphatic heterocycles. The Bertz CT molecular complexity index is 363. The number of methoxy groups -OCH3 is 1. The second-order valence-electron chi connectivity index (χ2n) is 3.24. The maximum atomic E-state index is 11.2. The lowest BCUT2D eigenvalue weighted by atomic mass is 10.1. The summed E-state index contributed by atoms with van der Waals surface area (Å²) in [5, 5.41) is 0. The van der Waals surface area contributed by atoms with Crippen LogP contribution in [-0.4, -0.2) is 19.7 Å². The van der Waals surface area contributed by atoms with E-state index < -0.39 is 0 Å². The van der Waals surface area contributed by atoms with Crippen molar-refractivity contribution in [1.29, 1.82) is 0 Å². The number of hydrogen-bond donors (Lipinski definition) is 0. The average Bonchev–Trinajstić information content (AvgIpc) is 2.27. The zero-order chi connectivity index (χ0) is 12.0. The number of benzene rings is 1. The van der Waals surface area contributed by atoms with E-state index in [1.165, 1.54) is 0 Å². The lowest BCUT2D eigenvalue weighted by molar-refractivity contribution is -0.143. The number of rotatable bonds is 5. The van der Waals surface area contributed by atoms with E-state index in [1.807, 2.05) is 18.2 Å². The van der Waals surface area contributed by atoms with E-state index in [0.717, 1.165) is 15.8 Å². The van der Waals surface area contributed by atoms with Gasteiger partial charge in [-0.25, -0.2) is 0 Å². The van der Waals surface area contributed by atoms with Gasteiger partial charge in [0, 0.05) is 6.42 Å². The van der Waals surface area contributed by atoms with Crippen molar-refractivity contribution >= 4 is 21.9 Å². The smallest absolute Gasteiger partial charge is 0.306 e. The Kier molecular flexibility index (Phi) is 5.32. The van der Waals surface area contributed by atoms with Gasteiger partial charge in [0.1, 0.15) is 5.75 Å². The zero-order valence-corrected chi connectivity index (χ0v) is 11.0. The average molecular weight is 287 g/mol. The highest BCUT2D eigenvalue weighted by Gasteiger charge is 2.09. The number of aryl methyl sites for hydroxylation is 1. The van der Waals surface area contributed by atoms with Crippen LogP contribution in [0.5, 0.6) is 5.75 Å². The first-order chi connectivity index (χ1) is 7.69. The SMILES string of the molecule is CCOC(=O)CCc1cccc(Br)c1OC. The number of para-hydroxylation sites is 1. The molecular formula is C12H15BrO3. The standard InChI is InChI=1S/C12H15BrO3/c1-3-16-11(14)8-7-9-5-4-6-10(13)12(9)15-2/h4-6H,3,7-8H2,1-2H3. The summed E-state index contributed by atoms with van der Waals surface area (Å²) >= 11 is 3.40. The van der Waals surface area contributed by atoms with Gasteiger partial charge in [-0.3, -0.25) is 4.79 Å². The fourth-order valence-electron chi connectivity index (χ4n) is 1.45. The number of carbonyl (C=O) groups is 1. The molecule has 0 radical (unpaired) electrons. The highest BCUT2D eigenvalue weighted by molar-refractivity contribution is 9.10. The lowest BCUT2D eigenvalue weighted by Gasteiger charge is -2.09. The van der Waals surface area contributed by atoms with Crippen molar-refractivity contribution in [2.75, 3.05) is 13.7 Å². The van der Waals surface area contributed by atoms with Gasteiger partial charge in [-0.15, -0.1) is 0 Å². The predicted molar refractivity (Wildman–Crippen MR) is 65.6 cm³/mol. The molecular weight excluding hydrogens is 272 g/mol. The van der Waals surface area contributed by atoms with Crippen molar-refractivity contribution in [3.8, 4) is 5.75 Å². The molecule has 0 saturated heterocycles. The van der Waals surface area contributed by atoms with Crippen molar-refractivity contribution in [3.63, 3.8) is 0 Å². The molecule has 0 unspecified atom stereocenters. The van der Waals surface area contributed by atoms with E-state index in [9.17, 15) is 4.79 Å². The van der Waals surface area contributed by atoms with Crippen molar-refractivity contribution in [2.24, 2.45) is 0 Å². The van der Waals surface area contributed by atoms with Gasteiger partial charge >= 0.3 is 5.97 Å². The quantitative estimate of drug-likeness (QED) is 0.781. The molecule has 0 spiro atoms. The van der Waals surface area contributed by atoms with Crippen molar-refractivity contribution in [2.45, 2.75) is 19.8 Å². The van der Waals surface area contributed by atoms with E-state index in [4.69, 9.17) is 9.47 Å². The molecule has 0 saturated carbocycles. The van der Waals surface area contributed by atoms with Crippen molar-refractivity contribution in [3.05, 3.63) is 28.2 Å². The van der Waals surface area contributed by atoms with Crippen LogP contribution in [0.2, 0.25) is 0 Å². The fourth-order valence-corrected chi connectivity index (χ4v) is 2.02. The third-order valence-electron chi connectivity index (χ3n) is 2.16. The molecule has 0 aromatic heterocycles. The minimum atomic E-state index is -0.176. The van der Waals surface area contributed by atoms with E-state index >= 15 is 0 Å². The number of halogens is 1. The van der Waals surface area contributed by atoms with Crippen LogP contribution >= 0.6 is 15.9 Å². The van der Waals surface area contributed by atoms with E-state index in [0.29, 0.717) is 19.4 Å². The topological polar surface area (TPSA) is 35.5 Å². The summed E-state index contributed by atoms with van der Waals surface area (Å²) in [5.41, 5.74) is 1.00. The molecule has 0 atom stereocenters. The van der Waals surface area contributed by atoms with Crippen LogP contribution in [0.25, 0.3) is 0 Å². The maximum absolute atomic E-state index is 11.2. The number of ether oxygens (including phenoxy) is 2. The second-order valence-corrected chi connectivity index (χ2v) is 4.09. The highest BCUT2D eigenvalue weighted by atomic mass is 79.9. The summed E-state index contributed by atoms with van der Waals surface area (Å²) in [6.45, 7) is 2.23. The Morgan fingerprint density at radius 1 is 1.44 bits per heavy atom. The normalized spacial score (nSPS) is 9.94. The van der Waals surface area contributed by atoms with Crippen LogP contribution in [0.1, 0.15) is 18.9 Å². The third kappa shape index (κ3) is 3.52. The van der Waals surface area contributed by atoms with Gasteiger partial charge in [0.15, 0.2) is 0 Å². The first-order valence-electron chi connectivity index (χ1n) is 5.16. The summed E-state index contributed by atoms with van der Waals surface area (Å²) in [6, 6.07) is 5.78. The van der Waals surface area contributed by atoms with Crippen molar-refractivity contribution < 1.29 is 14.3 Å². The van der Waals surface area contributed by atoms with Gasteiger partial charge < -0.3 is 9.47 Å². The van der Waals surface area contributed by atoms with Crippen LogP contribution in [0.15, 0.2) is 22.7 Å². The van der Waals surface area contributed by atoms with Gasteiger partial charge in [-0.2, -0.15) is 0 Å². The molecule has 0 amide bonds. The molecule has 1 aromatic rings. The summed E-state index contributed by atoms with van der Waals surface area (Å²) in [6.07, 6.45) is 1.00. The van der Waals surface area contributed by atoms with Crippen LogP contribution in [0.4, 0.5) is 0 Å². The molecule has 0 aliphatic carbocycles. The number of hydrogen-bond acceptors (Lipinski definition) is 3. The molecule has 0 aliphatic rings. The first-order valence-corrected chi connectivity index (χ1v) is 5.95. The zero-order valence-electron chi connectivity index (χ0n) is 9.46. The summed E-state index contributed by atoms with van der Waals surface area (Å²) in [7, 11) is 1.62. The summed E-state index contributed by atoms with van der Waals surface area (Å²) in [5.74, 6) is 0.608. The second kappa shape index (κ2) is 6.53. The third-order valence-corrected chi connectivity index (χ3v) is 2.78. The number of esters is 1. The van der Waals surface area contributed by atoms with Crippen molar-refractivity contribution in [1.82, 2.24) is 0 Å². The van der Waals surface area contributed by atoms with Gasteiger partial charge in [0.2, 0.25) is 0 Å².